The quantitative estimate of drug-likeness (QED) is 0.700. The summed E-state index contributed by atoms with van der Waals surface area (Å²) in [6, 6.07) is 20.1. The van der Waals surface area contributed by atoms with Crippen molar-refractivity contribution in [3.63, 3.8) is 0 Å². The highest BCUT2D eigenvalue weighted by molar-refractivity contribution is 5.89. The lowest BCUT2D eigenvalue weighted by molar-refractivity contribution is -0.509. The summed E-state index contributed by atoms with van der Waals surface area (Å²) in [5.41, 5.74) is 6.28. The van der Waals surface area contributed by atoms with Crippen molar-refractivity contribution < 1.29 is 21.6 Å². The number of halogens is 1. The topological polar surface area (TPSA) is 3.01 Å². The van der Waals surface area contributed by atoms with E-state index in [9.17, 15) is 0 Å². The van der Waals surface area contributed by atoms with E-state index in [1.54, 1.807) is 16.8 Å². The van der Waals surface area contributed by atoms with Crippen LogP contribution in [0.5, 0.6) is 0 Å². The van der Waals surface area contributed by atoms with Crippen LogP contribution in [0.2, 0.25) is 0 Å². The van der Waals surface area contributed by atoms with Crippen LogP contribution in [0.15, 0.2) is 54.6 Å². The lowest BCUT2D eigenvalue weighted by Gasteiger charge is -2.26. The summed E-state index contributed by atoms with van der Waals surface area (Å²) < 4.78 is 2.68. The highest BCUT2D eigenvalue weighted by Gasteiger charge is 2.33. The molecule has 2 aromatic rings. The molecule has 1 nitrogen and oxygen atoms in total. The van der Waals surface area contributed by atoms with Crippen molar-refractivity contribution in [3.8, 4) is 0 Å². The van der Waals surface area contributed by atoms with Crippen molar-refractivity contribution in [1.82, 2.24) is 0 Å². The SMILES string of the molecule is [Br-].c1ccc(CC2C(=[N+]3CCCC3)CCc3ccccc32)cc1. The smallest absolute Gasteiger partial charge is 0.160 e. The van der Waals surface area contributed by atoms with Crippen LogP contribution in [0.25, 0.3) is 0 Å². The van der Waals surface area contributed by atoms with E-state index in [1.807, 2.05) is 0 Å². The van der Waals surface area contributed by atoms with Gasteiger partial charge in [-0.25, -0.2) is 4.58 Å². The van der Waals surface area contributed by atoms with Crippen molar-refractivity contribution in [2.24, 2.45) is 0 Å². The Labute approximate surface area is 149 Å². The van der Waals surface area contributed by atoms with Gasteiger partial charge in [-0.3, -0.25) is 0 Å². The summed E-state index contributed by atoms with van der Waals surface area (Å²) in [6.07, 6.45) is 6.33. The third kappa shape index (κ3) is 3.42. The number of hydrogen-bond acceptors (Lipinski definition) is 0. The minimum atomic E-state index is 0. The maximum Gasteiger partial charge on any atom is 0.160 e. The van der Waals surface area contributed by atoms with E-state index in [0.717, 1.165) is 6.42 Å². The van der Waals surface area contributed by atoms with Gasteiger partial charge in [0.15, 0.2) is 5.71 Å². The lowest BCUT2D eigenvalue weighted by atomic mass is 9.78. The lowest BCUT2D eigenvalue weighted by Crippen LogP contribution is -3.00. The molecule has 1 atom stereocenters. The molecule has 1 unspecified atom stereocenters. The van der Waals surface area contributed by atoms with Gasteiger partial charge in [0.2, 0.25) is 0 Å². The molecule has 1 aliphatic heterocycles. The maximum atomic E-state index is 2.68. The Morgan fingerprint density at radius 2 is 1.52 bits per heavy atom. The Morgan fingerprint density at radius 1 is 0.826 bits per heavy atom. The molecule has 0 saturated carbocycles. The standard InChI is InChI=1S/C21H24N.BrH/c1-2-8-17(9-3-1)16-20-19-11-5-4-10-18(19)12-13-21(20)22-14-6-7-15-22;/h1-5,8-11,20H,6-7,12-16H2;1H/q+1;/p-1. The van der Waals surface area contributed by atoms with Crippen molar-refractivity contribution in [2.75, 3.05) is 13.1 Å². The van der Waals surface area contributed by atoms with Crippen molar-refractivity contribution in [1.29, 1.82) is 0 Å². The van der Waals surface area contributed by atoms with Gasteiger partial charge < -0.3 is 17.0 Å². The fourth-order valence-electron chi connectivity index (χ4n) is 4.18. The molecule has 2 aliphatic rings. The Morgan fingerprint density at radius 3 is 2.30 bits per heavy atom. The predicted molar refractivity (Wildman–Crippen MR) is 91.9 cm³/mol. The Balaban J connectivity index is 0.00000156. The zero-order valence-electron chi connectivity index (χ0n) is 13.5. The summed E-state index contributed by atoms with van der Waals surface area (Å²) in [6.45, 7) is 2.53. The first kappa shape index (κ1) is 16.4. The summed E-state index contributed by atoms with van der Waals surface area (Å²) in [4.78, 5) is 0. The van der Waals surface area contributed by atoms with Gasteiger partial charge in [-0.1, -0.05) is 54.6 Å². The molecule has 1 heterocycles. The largest absolute Gasteiger partial charge is 1.00 e. The molecule has 2 aromatic carbocycles. The third-order valence-corrected chi connectivity index (χ3v) is 5.28. The molecule has 0 bridgehead atoms. The van der Waals surface area contributed by atoms with Crippen molar-refractivity contribution in [2.45, 2.75) is 38.0 Å². The van der Waals surface area contributed by atoms with Gasteiger partial charge >= 0.3 is 0 Å². The van der Waals surface area contributed by atoms with Gasteiger partial charge in [0, 0.05) is 19.3 Å². The molecule has 120 valence electrons. The first-order chi connectivity index (χ1) is 10.9. The predicted octanol–water partition coefficient (Wildman–Crippen LogP) is 1.21. The molecular formula is C21H24BrN. The molecule has 1 saturated heterocycles. The number of nitrogens with zero attached hydrogens (tertiary/aromatic N) is 1. The summed E-state index contributed by atoms with van der Waals surface area (Å²) >= 11 is 0. The van der Waals surface area contributed by atoms with Crippen molar-refractivity contribution >= 4 is 5.71 Å². The maximum absolute atomic E-state index is 2.68. The second-order valence-electron chi connectivity index (χ2n) is 6.63. The van der Waals surface area contributed by atoms with E-state index < -0.39 is 0 Å². The number of rotatable bonds is 2. The van der Waals surface area contributed by atoms with E-state index in [4.69, 9.17) is 0 Å². The second kappa shape index (κ2) is 7.44. The molecule has 0 N–H and O–H groups in total. The summed E-state index contributed by atoms with van der Waals surface area (Å²) in [5, 5.41) is 0. The number of benzene rings is 2. The zero-order valence-corrected chi connectivity index (χ0v) is 15.1. The van der Waals surface area contributed by atoms with E-state index in [0.29, 0.717) is 5.92 Å². The van der Waals surface area contributed by atoms with E-state index in [1.165, 1.54) is 44.3 Å². The van der Waals surface area contributed by atoms with Crippen molar-refractivity contribution in [3.05, 3.63) is 71.3 Å². The van der Waals surface area contributed by atoms with E-state index in [-0.39, 0.29) is 17.0 Å². The van der Waals surface area contributed by atoms with Gasteiger partial charge in [-0.2, -0.15) is 0 Å². The van der Waals surface area contributed by atoms with Crippen LogP contribution in [-0.2, 0) is 12.8 Å². The first-order valence-corrected chi connectivity index (χ1v) is 8.64. The highest BCUT2D eigenvalue weighted by Crippen LogP contribution is 2.33. The van der Waals surface area contributed by atoms with Gasteiger partial charge in [-0.05, 0) is 29.5 Å². The Bertz CT molecular complexity index is 682. The molecule has 0 amide bonds. The molecule has 4 rings (SSSR count). The Kier molecular flexibility index (Phi) is 5.32. The monoisotopic (exact) mass is 369 g/mol. The van der Waals surface area contributed by atoms with E-state index >= 15 is 0 Å². The molecule has 0 aromatic heterocycles. The fraction of sp³-hybridized carbons (Fsp3) is 0.381. The minimum absolute atomic E-state index is 0. The summed E-state index contributed by atoms with van der Waals surface area (Å²) in [7, 11) is 0. The van der Waals surface area contributed by atoms with Crippen LogP contribution >= 0.6 is 0 Å². The van der Waals surface area contributed by atoms with Crippen LogP contribution in [0.1, 0.15) is 41.9 Å². The number of hydrogen-bond donors (Lipinski definition) is 0. The summed E-state index contributed by atoms with van der Waals surface area (Å²) in [5.74, 6) is 0.574. The first-order valence-electron chi connectivity index (χ1n) is 8.64. The van der Waals surface area contributed by atoms with Gasteiger partial charge in [-0.15, -0.1) is 0 Å². The minimum Gasteiger partial charge on any atom is -1.00 e. The van der Waals surface area contributed by atoms with Crippen LogP contribution in [-0.4, -0.2) is 23.4 Å². The normalized spacial score (nSPS) is 20.1. The third-order valence-electron chi connectivity index (χ3n) is 5.28. The highest BCUT2D eigenvalue weighted by atomic mass is 79.9. The molecule has 1 aliphatic carbocycles. The molecule has 2 heteroatoms. The number of aryl methyl sites for hydroxylation is 1. The Hall–Kier alpha value is -1.41. The molecule has 1 fully saturated rings. The molecule has 0 spiro atoms. The molecular weight excluding hydrogens is 346 g/mol. The number of fused-ring (bicyclic) bond motifs is 1. The van der Waals surface area contributed by atoms with Crippen LogP contribution in [0, 0.1) is 0 Å². The van der Waals surface area contributed by atoms with Gasteiger partial charge in [0.25, 0.3) is 0 Å². The van der Waals surface area contributed by atoms with Crippen LogP contribution in [0.4, 0.5) is 0 Å². The second-order valence-corrected chi connectivity index (χ2v) is 6.63. The fourth-order valence-corrected chi connectivity index (χ4v) is 4.18. The average Bonchev–Trinajstić information content (AvgIpc) is 3.10. The molecule has 0 radical (unpaired) electrons. The zero-order chi connectivity index (χ0) is 14.8. The van der Waals surface area contributed by atoms with Crippen LogP contribution in [0.3, 0.4) is 0 Å². The average molecular weight is 370 g/mol. The van der Waals surface area contributed by atoms with E-state index in [2.05, 4.69) is 59.2 Å². The van der Waals surface area contributed by atoms with Crippen LogP contribution < -0.4 is 17.0 Å². The van der Waals surface area contributed by atoms with Gasteiger partial charge in [0.05, 0.1) is 5.92 Å². The van der Waals surface area contributed by atoms with Gasteiger partial charge in [0.1, 0.15) is 13.1 Å². The molecule has 23 heavy (non-hydrogen) atoms.